The monoisotopic (exact) mass is 328 g/mol. The number of pyridine rings is 1. The molecule has 0 amide bonds. The van der Waals surface area contributed by atoms with Crippen LogP contribution in [0.15, 0.2) is 28.9 Å². The van der Waals surface area contributed by atoms with Gasteiger partial charge in [-0.15, -0.1) is 0 Å². The fourth-order valence-electron chi connectivity index (χ4n) is 1.89. The number of aromatic nitrogens is 1. The summed E-state index contributed by atoms with van der Waals surface area (Å²) in [6.07, 6.45) is 3.05. The molecule has 0 saturated heterocycles. The minimum Gasteiger partial charge on any atom is -0.480 e. The van der Waals surface area contributed by atoms with E-state index in [-0.39, 0.29) is 6.42 Å². The molecule has 0 aromatic carbocycles. The summed E-state index contributed by atoms with van der Waals surface area (Å²) in [5, 5.41) is 12.9. The van der Waals surface area contributed by atoms with Crippen LogP contribution in [0.5, 0.6) is 0 Å². The lowest BCUT2D eigenvalue weighted by atomic mass is 10.1. The van der Waals surface area contributed by atoms with E-state index >= 15 is 0 Å². The predicted octanol–water partition coefficient (Wildman–Crippen LogP) is 3.08. The van der Waals surface area contributed by atoms with E-state index < -0.39 is 12.0 Å². The Morgan fingerprint density at radius 2 is 2.05 bits per heavy atom. The van der Waals surface area contributed by atoms with Crippen molar-refractivity contribution >= 4 is 29.2 Å². The first-order valence-electron chi connectivity index (χ1n) is 6.26. The molecule has 2 aromatic heterocycles. The van der Waals surface area contributed by atoms with Crippen molar-refractivity contribution in [3.8, 4) is 0 Å². The molecule has 0 bridgehead atoms. The molecule has 0 aliphatic rings. The number of halogens is 2. The van der Waals surface area contributed by atoms with Crippen molar-refractivity contribution in [1.29, 1.82) is 0 Å². The van der Waals surface area contributed by atoms with Gasteiger partial charge in [0.1, 0.15) is 17.6 Å². The lowest BCUT2D eigenvalue weighted by Crippen LogP contribution is -2.38. The molecule has 2 aromatic rings. The molecule has 5 nitrogen and oxygen atoms in total. The van der Waals surface area contributed by atoms with Crippen LogP contribution in [0.2, 0.25) is 10.0 Å². The second-order valence-electron chi connectivity index (χ2n) is 4.57. The van der Waals surface area contributed by atoms with Gasteiger partial charge in [-0.05, 0) is 24.6 Å². The Balaban J connectivity index is 2.07. The molecule has 7 heteroatoms. The molecule has 21 heavy (non-hydrogen) atoms. The molecule has 2 rings (SSSR count). The highest BCUT2D eigenvalue weighted by Crippen LogP contribution is 2.24. The van der Waals surface area contributed by atoms with Gasteiger partial charge in [-0.1, -0.05) is 23.2 Å². The predicted molar refractivity (Wildman–Crippen MR) is 79.7 cm³/mol. The van der Waals surface area contributed by atoms with Crippen LogP contribution in [0.3, 0.4) is 0 Å². The molecule has 0 spiro atoms. The largest absolute Gasteiger partial charge is 0.480 e. The number of carbonyl (C=O) groups is 1. The van der Waals surface area contributed by atoms with Crippen molar-refractivity contribution in [1.82, 2.24) is 10.3 Å². The Labute approximate surface area is 131 Å². The van der Waals surface area contributed by atoms with Gasteiger partial charge in [0, 0.05) is 18.8 Å². The molecule has 2 N–H and O–H groups in total. The van der Waals surface area contributed by atoms with Gasteiger partial charge in [0.2, 0.25) is 0 Å². The third kappa shape index (κ3) is 4.20. The van der Waals surface area contributed by atoms with Crippen molar-refractivity contribution < 1.29 is 14.3 Å². The molecule has 1 atom stereocenters. The first kappa shape index (κ1) is 15.8. The molecule has 0 aliphatic heterocycles. The summed E-state index contributed by atoms with van der Waals surface area (Å²) in [5.41, 5.74) is 0.559. The second kappa shape index (κ2) is 6.93. The molecule has 0 fully saturated rings. The molecule has 0 radical (unpaired) electrons. The number of rotatable bonds is 6. The van der Waals surface area contributed by atoms with Gasteiger partial charge in [-0.2, -0.15) is 0 Å². The average molecular weight is 329 g/mol. The quantitative estimate of drug-likeness (QED) is 0.852. The third-order valence-electron chi connectivity index (χ3n) is 2.98. The fourth-order valence-corrected chi connectivity index (χ4v) is 2.41. The summed E-state index contributed by atoms with van der Waals surface area (Å²) in [5.74, 6) is 0.465. The summed E-state index contributed by atoms with van der Waals surface area (Å²) in [6.45, 7) is 2.14. The van der Waals surface area contributed by atoms with E-state index in [2.05, 4.69) is 10.3 Å². The van der Waals surface area contributed by atoms with E-state index in [0.717, 1.165) is 5.76 Å². The average Bonchev–Trinajstić information content (AvgIpc) is 2.83. The number of hydrogen-bond donors (Lipinski definition) is 2. The van der Waals surface area contributed by atoms with Crippen LogP contribution in [0.1, 0.15) is 17.1 Å². The topological polar surface area (TPSA) is 75.4 Å². The summed E-state index contributed by atoms with van der Waals surface area (Å²) in [6, 6.07) is 2.80. The summed E-state index contributed by atoms with van der Waals surface area (Å²) < 4.78 is 5.39. The standard InChI is InChI=1S/C14H14Cl2N2O3/c1-8-2-3-9(21-8)5-18-13(14(19)20)4-10-11(15)6-17-7-12(10)16/h2-3,6-7,13,18H,4-5H2,1H3,(H,19,20). The number of nitrogens with zero attached hydrogens (tertiary/aromatic N) is 1. The molecule has 0 aliphatic carbocycles. The highest BCUT2D eigenvalue weighted by Gasteiger charge is 2.21. The maximum Gasteiger partial charge on any atom is 0.321 e. The van der Waals surface area contributed by atoms with Gasteiger partial charge in [0.25, 0.3) is 0 Å². The van der Waals surface area contributed by atoms with E-state index in [1.807, 2.05) is 13.0 Å². The zero-order chi connectivity index (χ0) is 15.4. The number of carboxylic acids is 1. The fraction of sp³-hybridized carbons (Fsp3) is 0.286. The molecular formula is C14H14Cl2N2O3. The number of carboxylic acid groups (broad SMARTS) is 1. The van der Waals surface area contributed by atoms with Crippen molar-refractivity contribution in [3.63, 3.8) is 0 Å². The van der Waals surface area contributed by atoms with Crippen LogP contribution >= 0.6 is 23.2 Å². The van der Waals surface area contributed by atoms with Crippen LogP contribution in [-0.2, 0) is 17.8 Å². The van der Waals surface area contributed by atoms with Crippen molar-refractivity contribution in [2.45, 2.75) is 25.9 Å². The Morgan fingerprint density at radius 1 is 1.38 bits per heavy atom. The van der Waals surface area contributed by atoms with E-state index in [0.29, 0.717) is 27.9 Å². The molecule has 0 saturated carbocycles. The third-order valence-corrected chi connectivity index (χ3v) is 3.63. The van der Waals surface area contributed by atoms with E-state index in [1.165, 1.54) is 12.4 Å². The van der Waals surface area contributed by atoms with Crippen LogP contribution in [0.4, 0.5) is 0 Å². The molecular weight excluding hydrogens is 315 g/mol. The highest BCUT2D eigenvalue weighted by molar-refractivity contribution is 6.35. The number of aliphatic carboxylic acids is 1. The van der Waals surface area contributed by atoms with Crippen molar-refractivity contribution in [2.75, 3.05) is 0 Å². The first-order valence-corrected chi connectivity index (χ1v) is 7.02. The van der Waals surface area contributed by atoms with Gasteiger partial charge in [0.15, 0.2) is 0 Å². The van der Waals surface area contributed by atoms with Gasteiger partial charge in [-0.25, -0.2) is 0 Å². The lowest BCUT2D eigenvalue weighted by Gasteiger charge is -2.15. The molecule has 1 unspecified atom stereocenters. The number of aryl methyl sites for hydroxylation is 1. The van der Waals surface area contributed by atoms with Crippen LogP contribution in [0.25, 0.3) is 0 Å². The van der Waals surface area contributed by atoms with E-state index in [9.17, 15) is 9.90 Å². The summed E-state index contributed by atoms with van der Waals surface area (Å²) >= 11 is 12.0. The van der Waals surface area contributed by atoms with Gasteiger partial charge < -0.3 is 9.52 Å². The minimum absolute atomic E-state index is 0.162. The normalized spacial score (nSPS) is 12.3. The Bertz CT molecular complexity index is 623. The second-order valence-corrected chi connectivity index (χ2v) is 5.38. The maximum atomic E-state index is 11.4. The van der Waals surface area contributed by atoms with Crippen LogP contribution in [-0.4, -0.2) is 22.1 Å². The highest BCUT2D eigenvalue weighted by atomic mass is 35.5. The van der Waals surface area contributed by atoms with Gasteiger partial charge >= 0.3 is 5.97 Å². The van der Waals surface area contributed by atoms with Gasteiger partial charge in [-0.3, -0.25) is 15.1 Å². The van der Waals surface area contributed by atoms with E-state index in [4.69, 9.17) is 27.6 Å². The number of nitrogens with one attached hydrogen (secondary N) is 1. The summed E-state index contributed by atoms with van der Waals surface area (Å²) in [7, 11) is 0. The summed E-state index contributed by atoms with van der Waals surface area (Å²) in [4.78, 5) is 15.2. The van der Waals surface area contributed by atoms with Crippen LogP contribution < -0.4 is 5.32 Å². The van der Waals surface area contributed by atoms with Crippen LogP contribution in [0, 0.1) is 6.92 Å². The minimum atomic E-state index is -0.984. The van der Waals surface area contributed by atoms with Crippen molar-refractivity contribution in [2.24, 2.45) is 0 Å². The van der Waals surface area contributed by atoms with Crippen molar-refractivity contribution in [3.05, 3.63) is 51.7 Å². The first-order chi connectivity index (χ1) is 9.97. The number of hydrogen-bond acceptors (Lipinski definition) is 4. The zero-order valence-electron chi connectivity index (χ0n) is 11.3. The Hall–Kier alpha value is -1.56. The molecule has 112 valence electrons. The SMILES string of the molecule is Cc1ccc(CNC(Cc2c(Cl)cncc2Cl)C(=O)O)o1. The zero-order valence-corrected chi connectivity index (χ0v) is 12.8. The maximum absolute atomic E-state index is 11.4. The number of furan rings is 1. The van der Waals surface area contributed by atoms with E-state index in [1.54, 1.807) is 6.07 Å². The smallest absolute Gasteiger partial charge is 0.321 e. The lowest BCUT2D eigenvalue weighted by molar-refractivity contribution is -0.139. The van der Waals surface area contributed by atoms with Gasteiger partial charge in [0.05, 0.1) is 16.6 Å². The Kier molecular flexibility index (Phi) is 5.22. The Morgan fingerprint density at radius 3 is 2.57 bits per heavy atom. The molecule has 2 heterocycles.